The number of aromatic carboxylic acids is 1. The summed E-state index contributed by atoms with van der Waals surface area (Å²) in [6.45, 7) is 0. The number of carbonyl (C=O) groups is 1. The summed E-state index contributed by atoms with van der Waals surface area (Å²) in [7, 11) is 1.51. The fourth-order valence-corrected chi connectivity index (χ4v) is 2.66. The Bertz CT molecular complexity index is 1030. The molecule has 0 aliphatic heterocycles. The van der Waals surface area contributed by atoms with Crippen LogP contribution in [0, 0.1) is 0 Å². The Labute approximate surface area is 139 Å². The Hall–Kier alpha value is -3.09. The van der Waals surface area contributed by atoms with E-state index in [0.717, 1.165) is 12.1 Å². The molecule has 0 bridgehead atoms. The average molecular weight is 347 g/mol. The summed E-state index contributed by atoms with van der Waals surface area (Å²) in [6.07, 6.45) is -4.44. The van der Waals surface area contributed by atoms with Crippen molar-refractivity contribution in [3.63, 3.8) is 0 Å². The fourth-order valence-electron chi connectivity index (χ4n) is 2.66. The highest BCUT2D eigenvalue weighted by Crippen LogP contribution is 2.32. The van der Waals surface area contributed by atoms with Gasteiger partial charge in [-0.05, 0) is 35.4 Å². The number of pyridine rings is 1. The number of aromatic nitrogens is 1. The summed E-state index contributed by atoms with van der Waals surface area (Å²) in [5.41, 5.74) is 0.138. The number of rotatable bonds is 2. The van der Waals surface area contributed by atoms with E-state index in [9.17, 15) is 22.8 Å². The zero-order valence-electron chi connectivity index (χ0n) is 13.0. The predicted molar refractivity (Wildman–Crippen MR) is 86.6 cm³/mol. The molecule has 4 nitrogen and oxygen atoms in total. The van der Waals surface area contributed by atoms with Crippen LogP contribution in [0.25, 0.3) is 22.0 Å². The molecule has 0 aliphatic rings. The molecule has 1 aromatic heterocycles. The third kappa shape index (κ3) is 3.00. The average Bonchev–Trinajstić information content (AvgIpc) is 2.57. The van der Waals surface area contributed by atoms with Crippen LogP contribution in [0.1, 0.15) is 15.9 Å². The molecule has 25 heavy (non-hydrogen) atoms. The fraction of sp³-hybridized carbons (Fsp3) is 0.111. The van der Waals surface area contributed by atoms with Crippen molar-refractivity contribution < 1.29 is 23.1 Å². The highest BCUT2D eigenvalue weighted by Gasteiger charge is 2.30. The standard InChI is InChI=1S/C18H12F3NO3/c1-22-15-8-11(17(24)25)4-7-13(15)14(9-16(22)23)10-2-5-12(6-3-10)18(19,20)21/h2-9H,1H3,(H,24,25). The van der Waals surface area contributed by atoms with Crippen molar-refractivity contribution in [2.24, 2.45) is 7.05 Å². The molecule has 128 valence electrons. The number of carboxylic acid groups (broad SMARTS) is 1. The van der Waals surface area contributed by atoms with Crippen LogP contribution in [0.15, 0.2) is 53.3 Å². The quantitative estimate of drug-likeness (QED) is 0.764. The molecule has 0 fully saturated rings. The van der Waals surface area contributed by atoms with E-state index < -0.39 is 17.7 Å². The molecule has 3 aromatic rings. The summed E-state index contributed by atoms with van der Waals surface area (Å²) in [5.74, 6) is -1.13. The number of carboxylic acids is 1. The van der Waals surface area contributed by atoms with E-state index in [0.29, 0.717) is 22.0 Å². The highest BCUT2D eigenvalue weighted by atomic mass is 19.4. The summed E-state index contributed by atoms with van der Waals surface area (Å²) in [5, 5.41) is 9.68. The van der Waals surface area contributed by atoms with Crippen molar-refractivity contribution in [2.45, 2.75) is 6.18 Å². The van der Waals surface area contributed by atoms with Gasteiger partial charge in [0.25, 0.3) is 5.56 Å². The van der Waals surface area contributed by atoms with Gasteiger partial charge < -0.3 is 9.67 Å². The number of hydrogen-bond acceptors (Lipinski definition) is 2. The van der Waals surface area contributed by atoms with Crippen molar-refractivity contribution in [3.8, 4) is 11.1 Å². The largest absolute Gasteiger partial charge is 0.478 e. The molecule has 7 heteroatoms. The third-order valence-electron chi connectivity index (χ3n) is 4.02. The minimum Gasteiger partial charge on any atom is -0.478 e. The van der Waals surface area contributed by atoms with Gasteiger partial charge in [0.1, 0.15) is 0 Å². The van der Waals surface area contributed by atoms with Crippen LogP contribution in [0.2, 0.25) is 0 Å². The van der Waals surface area contributed by atoms with Gasteiger partial charge >= 0.3 is 12.1 Å². The lowest BCUT2D eigenvalue weighted by Gasteiger charge is -2.12. The molecule has 1 heterocycles. The molecule has 1 N–H and O–H groups in total. The van der Waals surface area contributed by atoms with E-state index in [1.807, 2.05) is 0 Å². The first-order chi connectivity index (χ1) is 11.7. The number of aryl methyl sites for hydroxylation is 1. The van der Waals surface area contributed by atoms with Gasteiger partial charge in [-0.3, -0.25) is 4.79 Å². The van der Waals surface area contributed by atoms with Crippen LogP contribution < -0.4 is 5.56 Å². The maximum absolute atomic E-state index is 12.7. The number of nitrogens with zero attached hydrogens (tertiary/aromatic N) is 1. The maximum Gasteiger partial charge on any atom is 0.416 e. The van der Waals surface area contributed by atoms with Crippen molar-refractivity contribution in [1.29, 1.82) is 0 Å². The van der Waals surface area contributed by atoms with Gasteiger partial charge in [0, 0.05) is 18.5 Å². The Morgan fingerprint density at radius 1 is 1.04 bits per heavy atom. The van der Waals surface area contributed by atoms with Gasteiger partial charge in [-0.25, -0.2) is 4.79 Å². The first kappa shape index (κ1) is 16.8. The molecule has 0 spiro atoms. The van der Waals surface area contributed by atoms with Gasteiger partial charge in [0.05, 0.1) is 16.6 Å². The van der Waals surface area contributed by atoms with Crippen molar-refractivity contribution >= 4 is 16.9 Å². The first-order valence-electron chi connectivity index (χ1n) is 7.23. The zero-order chi connectivity index (χ0) is 18.4. The summed E-state index contributed by atoms with van der Waals surface area (Å²) >= 11 is 0. The van der Waals surface area contributed by atoms with Crippen LogP contribution in [-0.2, 0) is 13.2 Å². The number of alkyl halides is 3. The maximum atomic E-state index is 12.7. The minimum absolute atomic E-state index is 0.0204. The van der Waals surface area contributed by atoms with Gasteiger partial charge in [0.2, 0.25) is 0 Å². The Morgan fingerprint density at radius 2 is 1.68 bits per heavy atom. The van der Waals surface area contributed by atoms with E-state index in [1.165, 1.54) is 41.9 Å². The molecule has 0 saturated carbocycles. The van der Waals surface area contributed by atoms with Crippen molar-refractivity contribution in [1.82, 2.24) is 4.57 Å². The van der Waals surface area contributed by atoms with Crippen LogP contribution in [0.4, 0.5) is 13.2 Å². The molecular weight excluding hydrogens is 335 g/mol. The third-order valence-corrected chi connectivity index (χ3v) is 4.02. The second-order valence-electron chi connectivity index (χ2n) is 5.57. The monoisotopic (exact) mass is 347 g/mol. The smallest absolute Gasteiger partial charge is 0.416 e. The van der Waals surface area contributed by atoms with E-state index in [1.54, 1.807) is 6.07 Å². The topological polar surface area (TPSA) is 59.3 Å². The van der Waals surface area contributed by atoms with Crippen LogP contribution in [0.5, 0.6) is 0 Å². The second-order valence-corrected chi connectivity index (χ2v) is 5.57. The normalized spacial score (nSPS) is 11.7. The lowest BCUT2D eigenvalue weighted by molar-refractivity contribution is -0.137. The number of halogens is 3. The minimum atomic E-state index is -4.44. The Kier molecular flexibility index (Phi) is 3.87. The van der Waals surface area contributed by atoms with E-state index >= 15 is 0 Å². The molecule has 2 aromatic carbocycles. The lowest BCUT2D eigenvalue weighted by atomic mass is 9.98. The Balaban J connectivity index is 2.24. The summed E-state index contributed by atoms with van der Waals surface area (Å²) in [6, 6.07) is 10.1. The van der Waals surface area contributed by atoms with E-state index in [2.05, 4.69) is 0 Å². The zero-order valence-corrected chi connectivity index (χ0v) is 13.0. The molecule has 0 amide bonds. The molecule has 0 saturated heterocycles. The lowest BCUT2D eigenvalue weighted by Crippen LogP contribution is -2.16. The number of fused-ring (bicyclic) bond motifs is 1. The summed E-state index contributed by atoms with van der Waals surface area (Å²) < 4.78 is 39.4. The van der Waals surface area contributed by atoms with Gasteiger partial charge in [-0.2, -0.15) is 13.2 Å². The first-order valence-corrected chi connectivity index (χ1v) is 7.23. The molecule has 0 aliphatic carbocycles. The highest BCUT2D eigenvalue weighted by molar-refractivity contribution is 5.99. The predicted octanol–water partition coefficient (Wildman–Crippen LogP) is 3.92. The molecule has 0 radical (unpaired) electrons. The van der Waals surface area contributed by atoms with Crippen molar-refractivity contribution in [3.05, 3.63) is 70.0 Å². The SMILES string of the molecule is Cn1c(=O)cc(-c2ccc(C(F)(F)F)cc2)c2ccc(C(=O)O)cc21. The van der Waals surface area contributed by atoms with Gasteiger partial charge in [0.15, 0.2) is 0 Å². The molecular formula is C18H12F3NO3. The van der Waals surface area contributed by atoms with E-state index in [4.69, 9.17) is 5.11 Å². The number of hydrogen-bond donors (Lipinski definition) is 1. The van der Waals surface area contributed by atoms with Crippen molar-refractivity contribution in [2.75, 3.05) is 0 Å². The Morgan fingerprint density at radius 3 is 2.24 bits per heavy atom. The van der Waals surface area contributed by atoms with Crippen LogP contribution in [0.3, 0.4) is 0 Å². The molecule has 3 rings (SSSR count). The molecule has 0 unspecified atom stereocenters. The van der Waals surface area contributed by atoms with Gasteiger partial charge in [-0.15, -0.1) is 0 Å². The summed E-state index contributed by atoms with van der Waals surface area (Å²) in [4.78, 5) is 23.3. The van der Waals surface area contributed by atoms with Crippen LogP contribution in [-0.4, -0.2) is 15.6 Å². The van der Waals surface area contributed by atoms with E-state index in [-0.39, 0.29) is 11.1 Å². The number of benzene rings is 2. The molecule has 0 atom stereocenters. The van der Waals surface area contributed by atoms with Crippen LogP contribution >= 0.6 is 0 Å². The van der Waals surface area contributed by atoms with Gasteiger partial charge in [-0.1, -0.05) is 18.2 Å². The second kappa shape index (κ2) is 5.77.